The van der Waals surface area contributed by atoms with Crippen LogP contribution in [0.15, 0.2) is 78.9 Å². The van der Waals surface area contributed by atoms with E-state index in [9.17, 15) is 22.8 Å². The third-order valence-electron chi connectivity index (χ3n) is 6.97. The summed E-state index contributed by atoms with van der Waals surface area (Å²) in [6.07, 6.45) is 1.98. The van der Waals surface area contributed by atoms with E-state index >= 15 is 0 Å². The molecule has 0 heterocycles. The van der Waals surface area contributed by atoms with Crippen LogP contribution in [0.4, 0.5) is 5.69 Å². The molecule has 218 valence electrons. The quantitative estimate of drug-likeness (QED) is 0.301. The molecule has 0 aliphatic carbocycles. The largest absolute Gasteiger partial charge is 0.352 e. The molecule has 41 heavy (non-hydrogen) atoms. The van der Waals surface area contributed by atoms with Gasteiger partial charge in [0.05, 0.1) is 11.9 Å². The van der Waals surface area contributed by atoms with Gasteiger partial charge < -0.3 is 10.2 Å². The molecule has 8 nitrogen and oxygen atoms in total. The lowest BCUT2D eigenvalue weighted by Gasteiger charge is -2.34. The average molecular weight is 578 g/mol. The predicted molar refractivity (Wildman–Crippen MR) is 162 cm³/mol. The second kappa shape index (κ2) is 14.1. The number of sulfonamides is 1. The van der Waals surface area contributed by atoms with Gasteiger partial charge in [0.1, 0.15) is 12.6 Å². The SMILES string of the molecule is CC[C@H](C)NC(=O)[C@H](Cc1ccccc1)N(Cc1ccc(C)cc1)C(=O)CN(c1cccc(C(C)=O)c1)S(C)(=O)=O. The highest BCUT2D eigenvalue weighted by atomic mass is 32.2. The van der Waals surface area contributed by atoms with Crippen LogP contribution in [0.25, 0.3) is 0 Å². The third kappa shape index (κ3) is 9.01. The first kappa shape index (κ1) is 31.5. The lowest BCUT2D eigenvalue weighted by atomic mass is 10.0. The molecule has 0 unspecified atom stereocenters. The first-order chi connectivity index (χ1) is 19.4. The van der Waals surface area contributed by atoms with Crippen molar-refractivity contribution in [1.82, 2.24) is 10.2 Å². The standard InChI is InChI=1S/C32H39N3O5S/c1-6-24(3)33-32(38)30(19-26-11-8-7-9-12-26)34(21-27-17-15-23(2)16-18-27)31(37)22-35(41(5,39)40)29-14-10-13-28(20-29)25(4)36/h7-18,20,24,30H,6,19,21-22H2,1-5H3,(H,33,38)/t24-,30-/m0/s1. The molecule has 0 aliphatic heterocycles. The smallest absolute Gasteiger partial charge is 0.244 e. The number of hydrogen-bond acceptors (Lipinski definition) is 5. The number of Topliss-reactive ketones (excluding diaryl/α,β-unsaturated/α-hetero) is 1. The summed E-state index contributed by atoms with van der Waals surface area (Å²) in [6, 6.07) is 22.2. The number of nitrogens with zero attached hydrogens (tertiary/aromatic N) is 2. The first-order valence-corrected chi connectivity index (χ1v) is 15.5. The number of anilines is 1. The van der Waals surface area contributed by atoms with Gasteiger partial charge in [0.15, 0.2) is 5.78 Å². The number of hydrogen-bond donors (Lipinski definition) is 1. The van der Waals surface area contributed by atoms with Crippen molar-refractivity contribution in [3.63, 3.8) is 0 Å². The van der Waals surface area contributed by atoms with Crippen LogP contribution in [-0.2, 0) is 32.6 Å². The van der Waals surface area contributed by atoms with E-state index in [1.54, 1.807) is 18.2 Å². The van der Waals surface area contributed by atoms with Crippen LogP contribution in [0.1, 0.15) is 54.2 Å². The fraction of sp³-hybridized carbons (Fsp3) is 0.344. The van der Waals surface area contributed by atoms with E-state index in [0.29, 0.717) is 12.0 Å². The Morgan fingerprint density at radius 3 is 2.15 bits per heavy atom. The summed E-state index contributed by atoms with van der Waals surface area (Å²) < 4.78 is 26.9. The van der Waals surface area contributed by atoms with Crippen molar-refractivity contribution < 1.29 is 22.8 Å². The number of nitrogens with one attached hydrogen (secondary N) is 1. The fourth-order valence-electron chi connectivity index (χ4n) is 4.38. The summed E-state index contributed by atoms with van der Waals surface area (Å²) in [6.45, 7) is 6.79. The highest BCUT2D eigenvalue weighted by Crippen LogP contribution is 2.22. The maximum absolute atomic E-state index is 14.1. The zero-order valence-electron chi connectivity index (χ0n) is 24.3. The first-order valence-electron chi connectivity index (χ1n) is 13.7. The number of rotatable bonds is 13. The molecule has 9 heteroatoms. The monoisotopic (exact) mass is 577 g/mol. The Hall–Kier alpha value is -3.98. The molecule has 3 aromatic rings. The van der Waals surface area contributed by atoms with E-state index in [1.807, 2.05) is 75.4 Å². The number of ketones is 1. The van der Waals surface area contributed by atoms with Crippen molar-refractivity contribution >= 4 is 33.3 Å². The maximum Gasteiger partial charge on any atom is 0.244 e. The van der Waals surface area contributed by atoms with Crippen LogP contribution < -0.4 is 9.62 Å². The zero-order chi connectivity index (χ0) is 30.2. The topological polar surface area (TPSA) is 104 Å². The molecule has 0 aromatic heterocycles. The minimum atomic E-state index is -3.92. The number of amides is 2. The van der Waals surface area contributed by atoms with Gasteiger partial charge >= 0.3 is 0 Å². The second-order valence-corrected chi connectivity index (χ2v) is 12.3. The molecule has 3 aromatic carbocycles. The van der Waals surface area contributed by atoms with Crippen molar-refractivity contribution in [2.75, 3.05) is 17.1 Å². The lowest BCUT2D eigenvalue weighted by Crippen LogP contribution is -2.54. The second-order valence-electron chi connectivity index (χ2n) is 10.4. The Labute approximate surface area is 243 Å². The normalized spacial score (nSPS) is 12.7. The van der Waals surface area contributed by atoms with Crippen molar-refractivity contribution in [1.29, 1.82) is 0 Å². The molecule has 0 spiro atoms. The molecule has 0 saturated heterocycles. The van der Waals surface area contributed by atoms with E-state index in [-0.39, 0.29) is 36.4 Å². The van der Waals surface area contributed by atoms with Crippen molar-refractivity contribution in [3.05, 3.63) is 101 Å². The van der Waals surface area contributed by atoms with Gasteiger partial charge in [-0.3, -0.25) is 18.7 Å². The fourth-order valence-corrected chi connectivity index (χ4v) is 5.22. The van der Waals surface area contributed by atoms with Crippen LogP contribution in [0.5, 0.6) is 0 Å². The molecular weight excluding hydrogens is 538 g/mol. The van der Waals surface area contributed by atoms with Crippen LogP contribution in [0.2, 0.25) is 0 Å². The summed E-state index contributed by atoms with van der Waals surface area (Å²) in [5.74, 6) is -1.07. The van der Waals surface area contributed by atoms with Gasteiger partial charge in [-0.25, -0.2) is 8.42 Å². The number of carbonyl (C=O) groups is 3. The van der Waals surface area contributed by atoms with Gasteiger partial charge in [-0.1, -0.05) is 79.2 Å². The van der Waals surface area contributed by atoms with Crippen LogP contribution >= 0.6 is 0 Å². The maximum atomic E-state index is 14.1. The number of benzene rings is 3. The Balaban J connectivity index is 2.07. The van der Waals surface area contributed by atoms with Crippen LogP contribution in [-0.4, -0.2) is 55.8 Å². The molecule has 2 amide bonds. The Morgan fingerprint density at radius 1 is 0.902 bits per heavy atom. The van der Waals surface area contributed by atoms with E-state index in [2.05, 4.69) is 5.32 Å². The van der Waals surface area contributed by atoms with Gasteiger partial charge in [-0.05, 0) is 50.5 Å². The number of carbonyl (C=O) groups excluding carboxylic acids is 3. The summed E-state index contributed by atoms with van der Waals surface area (Å²) in [4.78, 5) is 41.3. The van der Waals surface area contributed by atoms with E-state index < -0.39 is 28.5 Å². The van der Waals surface area contributed by atoms with Crippen LogP contribution in [0.3, 0.4) is 0 Å². The summed E-state index contributed by atoms with van der Waals surface area (Å²) in [5.41, 5.74) is 3.26. The van der Waals surface area contributed by atoms with Crippen molar-refractivity contribution in [3.8, 4) is 0 Å². The third-order valence-corrected chi connectivity index (χ3v) is 8.11. The molecule has 0 radical (unpaired) electrons. The van der Waals surface area contributed by atoms with Gasteiger partial charge in [0.25, 0.3) is 0 Å². The Bertz CT molecular complexity index is 1460. The highest BCUT2D eigenvalue weighted by molar-refractivity contribution is 7.92. The summed E-state index contributed by atoms with van der Waals surface area (Å²) in [5, 5.41) is 3.01. The van der Waals surface area contributed by atoms with Gasteiger partial charge in [-0.15, -0.1) is 0 Å². The minimum absolute atomic E-state index is 0.107. The summed E-state index contributed by atoms with van der Waals surface area (Å²) in [7, 11) is -3.92. The van der Waals surface area contributed by atoms with E-state index in [0.717, 1.165) is 27.3 Å². The van der Waals surface area contributed by atoms with Crippen molar-refractivity contribution in [2.24, 2.45) is 0 Å². The van der Waals surface area contributed by atoms with Gasteiger partial charge in [0.2, 0.25) is 21.8 Å². The molecular formula is C32H39N3O5S. The van der Waals surface area contributed by atoms with Gasteiger partial charge in [0, 0.05) is 24.6 Å². The van der Waals surface area contributed by atoms with Gasteiger partial charge in [-0.2, -0.15) is 0 Å². The molecule has 0 fully saturated rings. The molecule has 0 bridgehead atoms. The molecule has 3 rings (SSSR count). The predicted octanol–water partition coefficient (Wildman–Crippen LogP) is 4.52. The lowest BCUT2D eigenvalue weighted by molar-refractivity contribution is -0.140. The number of aryl methyl sites for hydroxylation is 1. The Kier molecular flexibility index (Phi) is 10.8. The molecule has 0 aliphatic rings. The molecule has 1 N–H and O–H groups in total. The zero-order valence-corrected chi connectivity index (χ0v) is 25.1. The average Bonchev–Trinajstić information content (AvgIpc) is 2.94. The van der Waals surface area contributed by atoms with E-state index in [1.165, 1.54) is 17.9 Å². The minimum Gasteiger partial charge on any atom is -0.352 e. The van der Waals surface area contributed by atoms with E-state index in [4.69, 9.17) is 0 Å². The molecule has 0 saturated carbocycles. The highest BCUT2D eigenvalue weighted by Gasteiger charge is 2.33. The summed E-state index contributed by atoms with van der Waals surface area (Å²) >= 11 is 0. The molecule has 2 atom stereocenters. The Morgan fingerprint density at radius 2 is 1.56 bits per heavy atom. The van der Waals surface area contributed by atoms with Crippen LogP contribution in [0, 0.1) is 6.92 Å². The van der Waals surface area contributed by atoms with Crippen molar-refractivity contribution in [2.45, 2.75) is 59.2 Å².